The second-order valence-electron chi connectivity index (χ2n) is 8.77. The summed E-state index contributed by atoms with van der Waals surface area (Å²) in [4.78, 5) is 0. The van der Waals surface area contributed by atoms with Crippen LogP contribution in [0.25, 0.3) is 0 Å². The third-order valence-corrected chi connectivity index (χ3v) is 7.46. The summed E-state index contributed by atoms with van der Waals surface area (Å²) in [7, 11) is 0. The first kappa shape index (κ1) is 77.4. The fourth-order valence-corrected chi connectivity index (χ4v) is 5.25. The Hall–Kier alpha value is 14.2. The maximum absolute atomic E-state index is 10.7. The molecule has 0 aromatic heterocycles. The fraction of sp³-hybridized carbons (Fsp3) is 1.00. The van der Waals surface area contributed by atoms with Gasteiger partial charge >= 0.3 is 0 Å². The molecule has 0 aromatic rings. The molecule has 3 saturated heterocycles. The second-order valence-corrected chi connectivity index (χ2v) is 10.1. The third kappa shape index (κ3) is 22.9. The van der Waals surface area contributed by atoms with E-state index in [0.29, 0.717) is 5.75 Å². The summed E-state index contributed by atoms with van der Waals surface area (Å²) in [6.45, 7) is -0.295. The van der Waals surface area contributed by atoms with Crippen molar-refractivity contribution in [2.45, 2.75) is 98.2 Å². The van der Waals surface area contributed by atoms with Crippen molar-refractivity contribution in [3.8, 4) is 0 Å². The Balaban J connectivity index is -0.000000241. The molecule has 0 aliphatic carbocycles. The van der Waals surface area contributed by atoms with Crippen molar-refractivity contribution in [2.75, 3.05) is 25.6 Å². The molecule has 46 heavy (non-hydrogen) atoms. The SMILES string of the molecule is CCS[C@@H]1OC(CO)[C@@H](O[C@@H]2OC(CO)[C@@H](O[C@@H]3OC(CO)[C@H](O)[C@H](O)C3O)[C@H](O)C2O)[C@H](O)C1O.[Ac].[Ac].[Ac].[Ac].[Ac].[Ac].[Ac].[Ac].[Ac].[Ac]. The molecule has 6 unspecified atom stereocenters. The van der Waals surface area contributed by atoms with E-state index in [1.807, 2.05) is 6.92 Å². The van der Waals surface area contributed by atoms with E-state index in [0.717, 1.165) is 0 Å². The van der Waals surface area contributed by atoms with Gasteiger partial charge in [-0.15, -0.1) is 11.8 Å². The first-order chi connectivity index (χ1) is 17.1. The minimum Gasteiger partial charge on any atom is -0.394 e. The minimum atomic E-state index is -1.85. The Morgan fingerprint density at radius 3 is 1.20 bits per heavy atom. The smallest absolute Gasteiger partial charge is 0.187 e. The Morgan fingerprint density at radius 2 is 0.804 bits per heavy atom. The van der Waals surface area contributed by atoms with Crippen molar-refractivity contribution < 1.29 is 515 Å². The van der Waals surface area contributed by atoms with Crippen LogP contribution in [-0.2, 0) is 23.7 Å². The molecule has 242 valence electrons. The number of aliphatic hydroxyl groups is 10. The van der Waals surface area contributed by atoms with E-state index in [4.69, 9.17) is 23.7 Å². The van der Waals surface area contributed by atoms with Gasteiger partial charge in [-0.2, -0.15) is 0 Å². The average Bonchev–Trinajstić information content (AvgIpc) is 2.87. The summed E-state index contributed by atoms with van der Waals surface area (Å²) >= 11 is 1.20. The van der Waals surface area contributed by atoms with Crippen LogP contribution in [0.2, 0.25) is 0 Å². The second kappa shape index (κ2) is 41.8. The van der Waals surface area contributed by atoms with Gasteiger partial charge in [-0.05, 0) is 5.75 Å². The first-order valence-electron chi connectivity index (χ1n) is 11.6. The van der Waals surface area contributed by atoms with Gasteiger partial charge in [-0.3, -0.25) is 0 Å². The van der Waals surface area contributed by atoms with Crippen LogP contribution < -0.4 is 0 Å². The van der Waals surface area contributed by atoms with E-state index in [2.05, 4.69) is 0 Å². The molecule has 0 amide bonds. The summed E-state index contributed by atoms with van der Waals surface area (Å²) < 4.78 is 27.4. The number of hydrogen-bond acceptors (Lipinski definition) is 16. The molecule has 26 heteroatoms. The average molecular weight is 2820 g/mol. The summed E-state index contributed by atoms with van der Waals surface area (Å²) in [6.07, 6.45) is -21.9. The van der Waals surface area contributed by atoms with E-state index in [9.17, 15) is 51.1 Å². The molecule has 3 fully saturated rings. The Kier molecular flexibility index (Phi) is 70.4. The molecular weight excluding hydrogens is 2780 g/mol. The molecule has 15 atom stereocenters. The zero-order valence-corrected chi connectivity index (χ0v) is 73.5. The van der Waals surface area contributed by atoms with Gasteiger partial charge < -0.3 is 74.7 Å². The van der Waals surface area contributed by atoms with Crippen LogP contribution >= 0.6 is 11.8 Å². The van der Waals surface area contributed by atoms with Gasteiger partial charge in [0.15, 0.2) is 12.6 Å². The Labute approximate surface area is 631 Å². The molecule has 0 bridgehead atoms. The first-order valence-corrected chi connectivity index (χ1v) is 12.6. The minimum absolute atomic E-state index is 0. The number of rotatable bonds is 9. The predicted molar refractivity (Wildman–Crippen MR) is 117 cm³/mol. The largest absolute Gasteiger partial charge is 0.394 e. The van der Waals surface area contributed by atoms with Crippen LogP contribution in [0.4, 0.5) is 0 Å². The van der Waals surface area contributed by atoms with Gasteiger partial charge in [0.2, 0.25) is 0 Å². The Bertz CT molecular complexity index is 706. The van der Waals surface area contributed by atoms with Gasteiger partial charge in [-0.1, -0.05) is 6.92 Å². The summed E-state index contributed by atoms with van der Waals surface area (Å²) in [5, 5.41) is 101. The number of hydrogen-bond donors (Lipinski definition) is 10. The third-order valence-electron chi connectivity index (χ3n) is 6.40. The molecule has 3 rings (SSSR count). The van der Waals surface area contributed by atoms with E-state index < -0.39 is 111 Å². The molecule has 3 aliphatic rings. The summed E-state index contributed by atoms with van der Waals surface area (Å²) in [6, 6.07) is 0. The van der Waals surface area contributed by atoms with Crippen molar-refractivity contribution in [1.29, 1.82) is 0 Å². The van der Waals surface area contributed by atoms with Crippen molar-refractivity contribution in [2.24, 2.45) is 0 Å². The topological polar surface area (TPSA) is 248 Å². The number of aliphatic hydroxyl groups excluding tert-OH is 10. The Morgan fingerprint density at radius 1 is 0.457 bits per heavy atom. The van der Waals surface area contributed by atoms with Crippen molar-refractivity contribution >= 4 is 11.8 Å². The normalized spacial score (nSPS) is 39.3. The zero-order valence-electron chi connectivity index (χ0n) is 25.2. The molecule has 0 saturated carbocycles. The predicted octanol–water partition coefficient (Wildman–Crippen LogP) is -5.81. The molecule has 0 aromatic carbocycles. The number of ether oxygens (including phenoxy) is 5. The van der Waals surface area contributed by atoms with Gasteiger partial charge in [0.05, 0.1) is 19.8 Å². The van der Waals surface area contributed by atoms with Crippen LogP contribution in [0.15, 0.2) is 0 Å². The van der Waals surface area contributed by atoms with E-state index >= 15 is 0 Å². The van der Waals surface area contributed by atoms with E-state index in [1.54, 1.807) is 0 Å². The monoisotopic (exact) mass is 2820 g/mol. The van der Waals surface area contributed by atoms with Gasteiger partial charge in [0, 0.05) is 441 Å². The van der Waals surface area contributed by atoms with Crippen LogP contribution in [0.5, 0.6) is 0 Å². The number of thioether (sulfide) groups is 1. The van der Waals surface area contributed by atoms with Gasteiger partial charge in [0.1, 0.15) is 78.7 Å². The summed E-state index contributed by atoms with van der Waals surface area (Å²) in [5.41, 5.74) is -0.841. The zero-order chi connectivity index (χ0) is 26.7. The van der Waals surface area contributed by atoms with E-state index in [1.165, 1.54) is 11.8 Å². The quantitative estimate of drug-likeness (QED) is 0.103. The van der Waals surface area contributed by atoms with Crippen molar-refractivity contribution in [3.05, 3.63) is 0 Å². The molecule has 0 spiro atoms. The molecule has 15 nitrogen and oxygen atoms in total. The van der Waals surface area contributed by atoms with Crippen molar-refractivity contribution in [3.63, 3.8) is 0 Å². The van der Waals surface area contributed by atoms with Crippen LogP contribution in [0.1, 0.15) is 6.92 Å². The maximum atomic E-state index is 10.7. The van der Waals surface area contributed by atoms with Crippen LogP contribution in [-0.4, -0.2) is 168 Å². The fourth-order valence-electron chi connectivity index (χ4n) is 4.35. The van der Waals surface area contributed by atoms with Crippen LogP contribution in [0, 0.1) is 441 Å². The van der Waals surface area contributed by atoms with Gasteiger partial charge in [0.25, 0.3) is 0 Å². The van der Waals surface area contributed by atoms with Crippen molar-refractivity contribution in [1.82, 2.24) is 0 Å². The summed E-state index contributed by atoms with van der Waals surface area (Å²) in [5.74, 6) is 0.558. The van der Waals surface area contributed by atoms with Gasteiger partial charge in [-0.25, -0.2) is 0 Å². The maximum Gasteiger partial charge on any atom is 0.187 e. The molecular formula is C20H36Ac10O15S. The molecule has 10 radical (unpaired) electrons. The standard InChI is InChI=1S/C20H36O15S.10Ac/c1-2-36-20-15(30)12(27)17(8(5-23)33-20)35-19-14(29)11(26)16(7(4-22)32-19)34-18-13(28)10(25)9(24)6(3-21)31-18;;;;;;;;;;/h6-30H,2-5H2,1H3;;;;;;;;;;/t6?,7?,8?,9-,10-,11+,12+,13?,14?,15?,16+,17+,18-,19-,20-;;;;;;;;;;/m0........../s1. The molecule has 3 heterocycles. The van der Waals surface area contributed by atoms with Crippen LogP contribution in [0.3, 0.4) is 0 Å². The van der Waals surface area contributed by atoms with E-state index in [-0.39, 0.29) is 441 Å². The molecule has 3 aliphatic heterocycles. The molecule has 10 N–H and O–H groups in total.